The van der Waals surface area contributed by atoms with Crippen molar-refractivity contribution in [3.63, 3.8) is 0 Å². The Hall–Kier alpha value is -3.30. The van der Waals surface area contributed by atoms with Crippen LogP contribution in [0.15, 0.2) is 66.3 Å². The first kappa shape index (κ1) is 23.4. The molecule has 0 saturated carbocycles. The first-order chi connectivity index (χ1) is 15.5. The van der Waals surface area contributed by atoms with Crippen molar-refractivity contribution in [2.24, 2.45) is 0 Å². The van der Waals surface area contributed by atoms with Gasteiger partial charge in [-0.05, 0) is 48.5 Å². The first-order valence-corrected chi connectivity index (χ1v) is 11.0. The van der Waals surface area contributed by atoms with Crippen LogP contribution >= 0.6 is 23.4 Å². The van der Waals surface area contributed by atoms with Crippen LogP contribution in [0.3, 0.4) is 0 Å². The number of amides is 2. The Morgan fingerprint density at radius 3 is 2.53 bits per heavy atom. The fourth-order valence-electron chi connectivity index (χ4n) is 2.73. The Balaban J connectivity index is 1.58. The van der Waals surface area contributed by atoms with Gasteiger partial charge in [0.05, 0.1) is 19.4 Å². The van der Waals surface area contributed by atoms with Crippen LogP contribution < -0.4 is 15.4 Å². The maximum atomic E-state index is 12.4. The number of nitrogens with one attached hydrogen (secondary N) is 2. The molecular formula is C22H22ClN5O3S. The molecule has 0 radical (unpaired) electrons. The molecule has 0 bridgehead atoms. The van der Waals surface area contributed by atoms with Gasteiger partial charge >= 0.3 is 0 Å². The standard InChI is InChI=1S/C22H22ClN5O3S/c1-3-12-28-19(13-24-21(30)15-4-10-18(31-2)11-5-15)26-27-22(28)32-14-20(29)25-17-8-6-16(23)7-9-17/h3-11H,1,12-14H2,2H3,(H,24,30)(H,25,29). The van der Waals surface area contributed by atoms with Crippen LogP contribution in [0.1, 0.15) is 16.2 Å². The molecular weight excluding hydrogens is 450 g/mol. The summed E-state index contributed by atoms with van der Waals surface area (Å²) >= 11 is 7.11. The number of benzene rings is 2. The van der Waals surface area contributed by atoms with Crippen LogP contribution in [0.4, 0.5) is 5.69 Å². The van der Waals surface area contributed by atoms with Gasteiger partial charge in [0.2, 0.25) is 5.91 Å². The molecule has 0 aliphatic carbocycles. The van der Waals surface area contributed by atoms with E-state index in [9.17, 15) is 9.59 Å². The van der Waals surface area contributed by atoms with Crippen molar-refractivity contribution in [2.75, 3.05) is 18.2 Å². The Bertz CT molecular complexity index is 1080. The van der Waals surface area contributed by atoms with Gasteiger partial charge in [-0.25, -0.2) is 0 Å². The van der Waals surface area contributed by atoms with E-state index in [4.69, 9.17) is 16.3 Å². The van der Waals surface area contributed by atoms with Crippen molar-refractivity contribution in [1.29, 1.82) is 0 Å². The van der Waals surface area contributed by atoms with Crippen molar-refractivity contribution in [3.8, 4) is 5.75 Å². The quantitative estimate of drug-likeness (QED) is 0.345. The molecule has 0 aliphatic rings. The highest BCUT2D eigenvalue weighted by molar-refractivity contribution is 7.99. The van der Waals surface area contributed by atoms with Gasteiger partial charge in [0.25, 0.3) is 5.91 Å². The molecule has 8 nitrogen and oxygen atoms in total. The molecule has 0 fully saturated rings. The minimum absolute atomic E-state index is 0.149. The minimum atomic E-state index is -0.239. The van der Waals surface area contributed by atoms with Crippen LogP contribution in [-0.4, -0.2) is 39.4 Å². The van der Waals surface area contributed by atoms with Gasteiger partial charge in [-0.15, -0.1) is 16.8 Å². The summed E-state index contributed by atoms with van der Waals surface area (Å²) in [6.07, 6.45) is 1.70. The largest absolute Gasteiger partial charge is 0.497 e. The summed E-state index contributed by atoms with van der Waals surface area (Å²) in [5.41, 5.74) is 1.17. The summed E-state index contributed by atoms with van der Waals surface area (Å²) in [5, 5.41) is 15.1. The minimum Gasteiger partial charge on any atom is -0.497 e. The molecule has 32 heavy (non-hydrogen) atoms. The van der Waals surface area contributed by atoms with Gasteiger partial charge in [0.1, 0.15) is 5.75 Å². The van der Waals surface area contributed by atoms with E-state index in [1.165, 1.54) is 11.8 Å². The third-order valence-electron chi connectivity index (χ3n) is 4.32. The molecule has 166 valence electrons. The molecule has 1 heterocycles. The van der Waals surface area contributed by atoms with Gasteiger partial charge < -0.3 is 19.9 Å². The molecule has 10 heteroatoms. The lowest BCUT2D eigenvalue weighted by molar-refractivity contribution is -0.113. The van der Waals surface area contributed by atoms with Gasteiger partial charge in [-0.2, -0.15) is 0 Å². The molecule has 3 aromatic rings. The number of hydrogen-bond donors (Lipinski definition) is 2. The number of carbonyl (C=O) groups excluding carboxylic acids is 2. The summed E-state index contributed by atoms with van der Waals surface area (Å²) in [6, 6.07) is 13.7. The summed E-state index contributed by atoms with van der Waals surface area (Å²) in [6.45, 7) is 4.39. The lowest BCUT2D eigenvalue weighted by atomic mass is 10.2. The number of halogens is 1. The van der Waals surface area contributed by atoms with E-state index in [0.29, 0.717) is 39.5 Å². The van der Waals surface area contributed by atoms with Crippen LogP contribution in [0, 0.1) is 0 Å². The van der Waals surface area contributed by atoms with E-state index in [2.05, 4.69) is 27.4 Å². The topological polar surface area (TPSA) is 98.1 Å². The van der Waals surface area contributed by atoms with Crippen LogP contribution in [0.25, 0.3) is 0 Å². The summed E-state index contributed by atoms with van der Waals surface area (Å²) in [7, 11) is 1.57. The number of thioether (sulfide) groups is 1. The fraction of sp³-hybridized carbons (Fsp3) is 0.182. The highest BCUT2D eigenvalue weighted by atomic mass is 35.5. The third kappa shape index (κ3) is 6.35. The highest BCUT2D eigenvalue weighted by Crippen LogP contribution is 2.19. The van der Waals surface area contributed by atoms with Crippen LogP contribution in [-0.2, 0) is 17.9 Å². The number of anilines is 1. The molecule has 2 N–H and O–H groups in total. The second kappa shape index (κ2) is 11.4. The zero-order valence-corrected chi connectivity index (χ0v) is 18.9. The third-order valence-corrected chi connectivity index (χ3v) is 5.54. The van der Waals surface area contributed by atoms with E-state index in [1.54, 1.807) is 61.7 Å². The zero-order chi connectivity index (χ0) is 22.9. The van der Waals surface area contributed by atoms with Crippen molar-refractivity contribution in [1.82, 2.24) is 20.1 Å². The van der Waals surface area contributed by atoms with E-state index in [-0.39, 0.29) is 24.1 Å². The molecule has 0 atom stereocenters. The maximum absolute atomic E-state index is 12.4. The summed E-state index contributed by atoms with van der Waals surface area (Å²) in [5.74, 6) is 0.967. The molecule has 0 aliphatic heterocycles. The number of hydrogen-bond acceptors (Lipinski definition) is 6. The Kier molecular flexibility index (Phi) is 8.29. The average Bonchev–Trinajstić information content (AvgIpc) is 3.19. The predicted molar refractivity (Wildman–Crippen MR) is 125 cm³/mol. The highest BCUT2D eigenvalue weighted by Gasteiger charge is 2.15. The van der Waals surface area contributed by atoms with Crippen molar-refractivity contribution in [2.45, 2.75) is 18.2 Å². The molecule has 1 aromatic heterocycles. The Morgan fingerprint density at radius 1 is 1.16 bits per heavy atom. The first-order valence-electron chi connectivity index (χ1n) is 9.63. The second-order valence-electron chi connectivity index (χ2n) is 6.55. The summed E-state index contributed by atoms with van der Waals surface area (Å²) < 4.78 is 6.91. The van der Waals surface area contributed by atoms with Crippen molar-refractivity contribution >= 4 is 40.9 Å². The van der Waals surface area contributed by atoms with Gasteiger partial charge in [-0.1, -0.05) is 29.4 Å². The molecule has 0 unspecified atom stereocenters. The number of aromatic nitrogens is 3. The molecule has 3 rings (SSSR count). The lowest BCUT2D eigenvalue weighted by Gasteiger charge is -2.09. The Morgan fingerprint density at radius 2 is 1.88 bits per heavy atom. The van der Waals surface area contributed by atoms with Crippen LogP contribution in [0.5, 0.6) is 5.75 Å². The fourth-order valence-corrected chi connectivity index (χ4v) is 3.63. The molecule has 0 spiro atoms. The number of nitrogens with zero attached hydrogens (tertiary/aromatic N) is 3. The maximum Gasteiger partial charge on any atom is 0.251 e. The van der Waals surface area contributed by atoms with Crippen LogP contribution in [0.2, 0.25) is 5.02 Å². The normalized spacial score (nSPS) is 10.4. The Labute approximate surface area is 195 Å². The lowest BCUT2D eigenvalue weighted by Crippen LogP contribution is -2.24. The molecule has 0 saturated heterocycles. The number of ether oxygens (including phenoxy) is 1. The van der Waals surface area contributed by atoms with Crippen molar-refractivity contribution < 1.29 is 14.3 Å². The smallest absolute Gasteiger partial charge is 0.251 e. The zero-order valence-electron chi connectivity index (χ0n) is 17.4. The number of allylic oxidation sites excluding steroid dienone is 1. The second-order valence-corrected chi connectivity index (χ2v) is 7.93. The number of carbonyl (C=O) groups is 2. The van der Waals surface area contributed by atoms with E-state index in [1.807, 2.05) is 4.57 Å². The van der Waals surface area contributed by atoms with Gasteiger partial charge in [-0.3, -0.25) is 9.59 Å². The van der Waals surface area contributed by atoms with E-state index in [0.717, 1.165) is 0 Å². The molecule has 2 amide bonds. The van der Waals surface area contributed by atoms with E-state index >= 15 is 0 Å². The summed E-state index contributed by atoms with van der Waals surface area (Å²) in [4.78, 5) is 24.7. The SMILES string of the molecule is C=CCn1c(CNC(=O)c2ccc(OC)cc2)nnc1SCC(=O)Nc1ccc(Cl)cc1. The molecule has 2 aromatic carbocycles. The predicted octanol–water partition coefficient (Wildman–Crippen LogP) is 3.79. The van der Waals surface area contributed by atoms with Gasteiger partial charge in [0.15, 0.2) is 11.0 Å². The average molecular weight is 472 g/mol. The van der Waals surface area contributed by atoms with Crippen molar-refractivity contribution in [3.05, 3.63) is 77.6 Å². The number of methoxy groups -OCH3 is 1. The van der Waals surface area contributed by atoms with Gasteiger partial charge in [0, 0.05) is 22.8 Å². The van der Waals surface area contributed by atoms with E-state index < -0.39 is 0 Å². The monoisotopic (exact) mass is 471 g/mol. The number of rotatable bonds is 10.